The number of nitrogens with zero attached hydrogens (tertiary/aromatic N) is 2. The zero-order valence-corrected chi connectivity index (χ0v) is 12.2. The van der Waals surface area contributed by atoms with Crippen molar-refractivity contribution in [2.45, 2.75) is 53.4 Å². The highest BCUT2D eigenvalue weighted by molar-refractivity contribution is 4.91. The molecule has 0 aliphatic rings. The van der Waals surface area contributed by atoms with Crippen LogP contribution in [0.3, 0.4) is 0 Å². The highest BCUT2D eigenvalue weighted by atomic mass is 14.2. The molecule has 18 heavy (non-hydrogen) atoms. The van der Waals surface area contributed by atoms with Crippen LogP contribution in [0.2, 0.25) is 0 Å². The number of allylic oxidation sites excluding steroid dienone is 4. The molecule has 0 aromatic heterocycles. The van der Waals surface area contributed by atoms with E-state index in [-0.39, 0.29) is 0 Å². The summed E-state index contributed by atoms with van der Waals surface area (Å²) in [7, 11) is 0. The molecule has 0 atom stereocenters. The third-order valence-electron chi connectivity index (χ3n) is 1.97. The van der Waals surface area contributed by atoms with E-state index in [1.165, 1.54) is 0 Å². The van der Waals surface area contributed by atoms with E-state index in [0.717, 1.165) is 12.8 Å². The summed E-state index contributed by atoms with van der Waals surface area (Å²) in [6.45, 7) is 8.65. The van der Waals surface area contributed by atoms with Gasteiger partial charge in [-0.05, 0) is 24.7 Å². The van der Waals surface area contributed by atoms with Crippen LogP contribution in [0.15, 0.2) is 24.3 Å². The van der Waals surface area contributed by atoms with Crippen molar-refractivity contribution in [1.29, 1.82) is 10.5 Å². The Labute approximate surface area is 113 Å². The highest BCUT2D eigenvalue weighted by Crippen LogP contribution is 2.00. The first-order valence-corrected chi connectivity index (χ1v) is 6.58. The van der Waals surface area contributed by atoms with Crippen LogP contribution >= 0.6 is 0 Å². The summed E-state index contributed by atoms with van der Waals surface area (Å²) in [5.74, 6) is 1.42. The van der Waals surface area contributed by atoms with Crippen molar-refractivity contribution in [3.05, 3.63) is 24.3 Å². The smallest absolute Gasteiger partial charge is 0.0663 e. The molecule has 0 aromatic rings. The second-order valence-corrected chi connectivity index (χ2v) is 4.93. The summed E-state index contributed by atoms with van der Waals surface area (Å²) in [4.78, 5) is 0. The van der Waals surface area contributed by atoms with Crippen LogP contribution in [0.1, 0.15) is 53.4 Å². The number of hydrogen-bond acceptors (Lipinski definition) is 2. The monoisotopic (exact) mass is 246 g/mol. The molecule has 0 aliphatic heterocycles. The molecule has 0 heterocycles. The third kappa shape index (κ3) is 23.9. The molecule has 0 radical (unpaired) electrons. The van der Waals surface area contributed by atoms with Gasteiger partial charge in [-0.25, -0.2) is 0 Å². The standard InChI is InChI=1S/2C8H13N/c2*1-8(2)6-4-3-5-7-9/h2*3-4,8H,5-6H2,1-2H3. The molecular formula is C16H26N2. The van der Waals surface area contributed by atoms with Crippen molar-refractivity contribution >= 4 is 0 Å². The zero-order chi connectivity index (χ0) is 14.2. The molecule has 0 aliphatic carbocycles. The summed E-state index contributed by atoms with van der Waals surface area (Å²) < 4.78 is 0. The molecule has 0 bridgehead atoms. The minimum absolute atomic E-state index is 0.548. The van der Waals surface area contributed by atoms with Crippen LogP contribution in [-0.2, 0) is 0 Å². The fourth-order valence-electron chi connectivity index (χ4n) is 1.01. The van der Waals surface area contributed by atoms with Gasteiger partial charge in [-0.1, -0.05) is 52.0 Å². The molecule has 0 N–H and O–H groups in total. The number of hydrogen-bond donors (Lipinski definition) is 0. The van der Waals surface area contributed by atoms with E-state index in [2.05, 4.69) is 52.0 Å². The molecule has 0 fully saturated rings. The maximum atomic E-state index is 8.13. The van der Waals surface area contributed by atoms with Gasteiger partial charge in [0.25, 0.3) is 0 Å². The molecule has 0 saturated carbocycles. The van der Waals surface area contributed by atoms with Gasteiger partial charge in [-0.2, -0.15) is 10.5 Å². The molecule has 0 amide bonds. The van der Waals surface area contributed by atoms with Gasteiger partial charge in [0.15, 0.2) is 0 Å². The molecular weight excluding hydrogens is 220 g/mol. The van der Waals surface area contributed by atoms with E-state index in [4.69, 9.17) is 10.5 Å². The van der Waals surface area contributed by atoms with Crippen LogP contribution < -0.4 is 0 Å². The molecule has 100 valence electrons. The summed E-state index contributed by atoms with van der Waals surface area (Å²) in [5, 5.41) is 16.3. The predicted molar refractivity (Wildman–Crippen MR) is 77.7 cm³/mol. The van der Waals surface area contributed by atoms with Gasteiger partial charge < -0.3 is 0 Å². The number of rotatable bonds is 6. The summed E-state index contributed by atoms with van der Waals surface area (Å²) in [6.07, 6.45) is 11.2. The lowest BCUT2D eigenvalue weighted by Crippen LogP contribution is -1.80. The molecule has 0 spiro atoms. The maximum Gasteiger partial charge on any atom is 0.0663 e. The normalized spacial score (nSPS) is 10.4. The second kappa shape index (κ2) is 15.5. The van der Waals surface area contributed by atoms with Gasteiger partial charge in [0.05, 0.1) is 25.0 Å². The van der Waals surface area contributed by atoms with Gasteiger partial charge in [-0.15, -0.1) is 0 Å². The van der Waals surface area contributed by atoms with Gasteiger partial charge in [0.1, 0.15) is 0 Å². The SMILES string of the molecule is CC(C)CC=CCC#N.CC(C)CC=CCC#N. The largest absolute Gasteiger partial charge is 0.198 e. The predicted octanol–water partition coefficient (Wildman–Crippen LogP) is 5.00. The van der Waals surface area contributed by atoms with Crippen molar-refractivity contribution < 1.29 is 0 Å². The van der Waals surface area contributed by atoms with Crippen LogP contribution in [0, 0.1) is 34.5 Å². The van der Waals surface area contributed by atoms with E-state index in [9.17, 15) is 0 Å². The Morgan fingerprint density at radius 1 is 0.722 bits per heavy atom. The molecule has 2 nitrogen and oxygen atoms in total. The Hall–Kier alpha value is -1.54. The van der Waals surface area contributed by atoms with Crippen LogP contribution in [-0.4, -0.2) is 0 Å². The Bertz CT molecular complexity index is 266. The number of nitriles is 2. The van der Waals surface area contributed by atoms with Crippen LogP contribution in [0.5, 0.6) is 0 Å². The third-order valence-corrected chi connectivity index (χ3v) is 1.97. The Kier molecular flexibility index (Phi) is 16.2. The van der Waals surface area contributed by atoms with Gasteiger partial charge in [-0.3, -0.25) is 0 Å². The van der Waals surface area contributed by atoms with E-state index < -0.39 is 0 Å². The molecule has 2 heteroatoms. The highest BCUT2D eigenvalue weighted by Gasteiger charge is 1.85. The van der Waals surface area contributed by atoms with E-state index in [1.54, 1.807) is 0 Å². The molecule has 0 saturated heterocycles. The first-order chi connectivity index (χ1) is 8.54. The quantitative estimate of drug-likeness (QED) is 0.619. The summed E-state index contributed by atoms with van der Waals surface area (Å²) in [5.41, 5.74) is 0. The minimum atomic E-state index is 0.548. The van der Waals surface area contributed by atoms with Gasteiger partial charge in [0, 0.05) is 0 Å². The van der Waals surface area contributed by atoms with Gasteiger partial charge >= 0.3 is 0 Å². The fraction of sp³-hybridized carbons (Fsp3) is 0.625. The summed E-state index contributed by atoms with van der Waals surface area (Å²) in [6, 6.07) is 4.11. The Balaban J connectivity index is 0. The molecule has 0 aromatic carbocycles. The lowest BCUT2D eigenvalue weighted by molar-refractivity contribution is 0.663. The van der Waals surface area contributed by atoms with Crippen molar-refractivity contribution in [2.24, 2.45) is 11.8 Å². The Morgan fingerprint density at radius 2 is 1.06 bits per heavy atom. The zero-order valence-electron chi connectivity index (χ0n) is 12.2. The average Bonchev–Trinajstić information content (AvgIpc) is 2.31. The molecule has 0 unspecified atom stereocenters. The second-order valence-electron chi connectivity index (χ2n) is 4.93. The van der Waals surface area contributed by atoms with E-state index in [0.29, 0.717) is 24.7 Å². The summed E-state index contributed by atoms with van der Waals surface area (Å²) >= 11 is 0. The average molecular weight is 246 g/mol. The molecule has 0 rings (SSSR count). The first kappa shape index (κ1) is 18.8. The lowest BCUT2D eigenvalue weighted by Gasteiger charge is -1.94. The fourth-order valence-corrected chi connectivity index (χ4v) is 1.01. The van der Waals surface area contributed by atoms with Crippen LogP contribution in [0.25, 0.3) is 0 Å². The lowest BCUT2D eigenvalue weighted by atomic mass is 10.1. The minimum Gasteiger partial charge on any atom is -0.198 e. The topological polar surface area (TPSA) is 47.6 Å². The van der Waals surface area contributed by atoms with Crippen molar-refractivity contribution in [1.82, 2.24) is 0 Å². The van der Waals surface area contributed by atoms with E-state index in [1.807, 2.05) is 12.2 Å². The van der Waals surface area contributed by atoms with Crippen molar-refractivity contribution in [3.63, 3.8) is 0 Å². The van der Waals surface area contributed by atoms with Crippen LogP contribution in [0.4, 0.5) is 0 Å². The first-order valence-electron chi connectivity index (χ1n) is 6.58. The van der Waals surface area contributed by atoms with Crippen molar-refractivity contribution in [3.8, 4) is 12.1 Å². The maximum absolute atomic E-state index is 8.13. The van der Waals surface area contributed by atoms with Crippen molar-refractivity contribution in [2.75, 3.05) is 0 Å². The Morgan fingerprint density at radius 3 is 1.28 bits per heavy atom. The van der Waals surface area contributed by atoms with E-state index >= 15 is 0 Å². The van der Waals surface area contributed by atoms with Gasteiger partial charge in [0.2, 0.25) is 0 Å².